The zero-order valence-electron chi connectivity index (χ0n) is 21.2. The van der Waals surface area contributed by atoms with Gasteiger partial charge in [0.05, 0.1) is 29.5 Å². The number of nitrogens with zero attached hydrogens (tertiary/aromatic N) is 1. The molecule has 1 atom stereocenters. The summed E-state index contributed by atoms with van der Waals surface area (Å²) in [6.07, 6.45) is -9.80. The van der Waals surface area contributed by atoms with E-state index in [9.17, 15) is 49.8 Å². The predicted octanol–water partition coefficient (Wildman–Crippen LogP) is 6.65. The van der Waals surface area contributed by atoms with Crippen molar-refractivity contribution < 1.29 is 54.6 Å². The number of benzene rings is 3. The first-order valence-corrected chi connectivity index (χ1v) is 11.8. The number of amides is 1. The lowest BCUT2D eigenvalue weighted by molar-refractivity contribution is -0.143. The average molecular weight is 598 g/mol. The Balaban J connectivity index is 1.83. The fourth-order valence-electron chi connectivity index (χ4n) is 4.42. The molecule has 1 heterocycles. The molecule has 0 aliphatic carbocycles. The van der Waals surface area contributed by atoms with Gasteiger partial charge < -0.3 is 15.2 Å². The Morgan fingerprint density at radius 1 is 0.929 bits per heavy atom. The maximum Gasteiger partial charge on any atom is 0.417 e. The van der Waals surface area contributed by atoms with Crippen LogP contribution < -0.4 is 10.1 Å². The summed E-state index contributed by atoms with van der Waals surface area (Å²) in [6, 6.07) is 6.61. The third-order valence-electron chi connectivity index (χ3n) is 6.31. The molecule has 1 aromatic heterocycles. The Kier molecular flexibility index (Phi) is 8.10. The number of aromatic nitrogens is 1. The SMILES string of the molecule is COc1cc(C(F)(F)F)cc(C(F)(F)F)c1-c1nccc2c(C[C@H](NC(=O)c3c(F)cccc3F)C(=O)O)cccc12. The van der Waals surface area contributed by atoms with Crippen LogP contribution in [0.25, 0.3) is 22.0 Å². The number of hydrogen-bond donors (Lipinski definition) is 2. The van der Waals surface area contributed by atoms with Crippen LogP contribution in [-0.4, -0.2) is 35.1 Å². The van der Waals surface area contributed by atoms with Crippen molar-refractivity contribution in [2.45, 2.75) is 24.8 Å². The monoisotopic (exact) mass is 598 g/mol. The van der Waals surface area contributed by atoms with Gasteiger partial charge in [0.1, 0.15) is 29.0 Å². The molecule has 0 saturated heterocycles. The van der Waals surface area contributed by atoms with E-state index >= 15 is 0 Å². The first kappa shape index (κ1) is 30.2. The quantitative estimate of drug-likeness (QED) is 0.233. The minimum absolute atomic E-state index is 0.00540. The molecule has 0 aliphatic rings. The second-order valence-corrected chi connectivity index (χ2v) is 8.93. The van der Waals surface area contributed by atoms with Gasteiger partial charge in [-0.2, -0.15) is 26.3 Å². The number of methoxy groups -OCH3 is 1. The molecule has 220 valence electrons. The summed E-state index contributed by atoms with van der Waals surface area (Å²) in [5, 5.41) is 11.9. The molecule has 42 heavy (non-hydrogen) atoms. The molecule has 3 aromatic carbocycles. The van der Waals surface area contributed by atoms with Gasteiger partial charge in [-0.3, -0.25) is 9.78 Å². The first-order valence-electron chi connectivity index (χ1n) is 11.8. The van der Waals surface area contributed by atoms with E-state index in [2.05, 4.69) is 4.98 Å². The van der Waals surface area contributed by atoms with Crippen LogP contribution >= 0.6 is 0 Å². The highest BCUT2D eigenvalue weighted by Gasteiger charge is 2.41. The van der Waals surface area contributed by atoms with E-state index in [1.54, 1.807) is 0 Å². The molecule has 0 bridgehead atoms. The number of pyridine rings is 1. The van der Waals surface area contributed by atoms with Crippen molar-refractivity contribution in [2.24, 2.45) is 0 Å². The van der Waals surface area contributed by atoms with Gasteiger partial charge in [0, 0.05) is 18.0 Å². The van der Waals surface area contributed by atoms with Crippen LogP contribution in [0.4, 0.5) is 35.1 Å². The van der Waals surface area contributed by atoms with Crippen LogP contribution in [0.1, 0.15) is 27.0 Å². The van der Waals surface area contributed by atoms with Gasteiger partial charge in [-0.25, -0.2) is 13.6 Å². The molecule has 0 fully saturated rings. The number of alkyl halides is 6. The zero-order chi connectivity index (χ0) is 31.0. The van der Waals surface area contributed by atoms with Crippen molar-refractivity contribution in [3.8, 4) is 17.0 Å². The van der Waals surface area contributed by atoms with E-state index in [1.807, 2.05) is 5.32 Å². The van der Waals surface area contributed by atoms with E-state index < -0.39 is 82.0 Å². The molecule has 6 nitrogen and oxygen atoms in total. The summed E-state index contributed by atoms with van der Waals surface area (Å²) in [7, 11) is 0.897. The predicted molar refractivity (Wildman–Crippen MR) is 133 cm³/mol. The molecule has 0 aliphatic heterocycles. The molecule has 0 unspecified atom stereocenters. The number of carboxylic acids is 1. The second-order valence-electron chi connectivity index (χ2n) is 8.93. The third-order valence-corrected chi connectivity index (χ3v) is 6.31. The number of carbonyl (C=O) groups excluding carboxylic acids is 1. The standard InChI is InChI=1S/C28H18F8N2O4/c1-42-21-12-14(27(31,32)33)11-17(28(34,35)36)22(21)24-16-5-2-4-13(15(16)8-9-37-24)10-20(26(40)41)38-25(39)23-18(29)6-3-7-19(23)30/h2-9,11-12,20H,10H2,1H3,(H,38,39)(H,40,41)/t20-/m0/s1. The lowest BCUT2D eigenvalue weighted by Crippen LogP contribution is -2.43. The van der Waals surface area contributed by atoms with E-state index in [4.69, 9.17) is 4.74 Å². The van der Waals surface area contributed by atoms with Crippen LogP contribution in [0.5, 0.6) is 5.75 Å². The van der Waals surface area contributed by atoms with Gasteiger partial charge in [-0.15, -0.1) is 0 Å². The van der Waals surface area contributed by atoms with Gasteiger partial charge in [-0.1, -0.05) is 24.3 Å². The molecule has 1 amide bonds. The molecule has 0 spiro atoms. The normalized spacial score (nSPS) is 12.7. The van der Waals surface area contributed by atoms with Crippen molar-refractivity contribution in [2.75, 3.05) is 7.11 Å². The van der Waals surface area contributed by atoms with Gasteiger partial charge in [-0.05, 0) is 41.3 Å². The van der Waals surface area contributed by atoms with Gasteiger partial charge >= 0.3 is 18.3 Å². The summed E-state index contributed by atoms with van der Waals surface area (Å²) >= 11 is 0. The Morgan fingerprint density at radius 3 is 2.14 bits per heavy atom. The number of nitrogens with one attached hydrogen (secondary N) is 1. The van der Waals surface area contributed by atoms with Crippen molar-refractivity contribution in [1.82, 2.24) is 10.3 Å². The highest BCUT2D eigenvalue weighted by molar-refractivity contribution is 6.00. The van der Waals surface area contributed by atoms with Crippen LogP contribution in [0, 0.1) is 11.6 Å². The Bertz CT molecular complexity index is 1670. The molecule has 0 saturated carbocycles. The summed E-state index contributed by atoms with van der Waals surface area (Å²) < 4.78 is 115. The summed E-state index contributed by atoms with van der Waals surface area (Å²) in [6.45, 7) is 0. The zero-order valence-corrected chi connectivity index (χ0v) is 21.2. The third kappa shape index (κ3) is 5.97. The maximum absolute atomic E-state index is 14.1. The summed E-state index contributed by atoms with van der Waals surface area (Å²) in [4.78, 5) is 28.5. The molecule has 14 heteroatoms. The van der Waals surface area contributed by atoms with E-state index in [0.717, 1.165) is 31.5 Å². The number of aliphatic carboxylic acids is 1. The minimum atomic E-state index is -5.26. The minimum Gasteiger partial charge on any atom is -0.496 e. The van der Waals surface area contributed by atoms with Crippen LogP contribution in [0.3, 0.4) is 0 Å². The van der Waals surface area contributed by atoms with Crippen molar-refractivity contribution in [1.29, 1.82) is 0 Å². The van der Waals surface area contributed by atoms with Crippen molar-refractivity contribution in [3.05, 3.63) is 94.7 Å². The topological polar surface area (TPSA) is 88.5 Å². The number of carboxylic acid groups (broad SMARTS) is 1. The first-order chi connectivity index (χ1) is 19.6. The van der Waals surface area contributed by atoms with E-state index in [-0.39, 0.29) is 22.4 Å². The van der Waals surface area contributed by atoms with Gasteiger partial charge in [0.2, 0.25) is 0 Å². The average Bonchev–Trinajstić information content (AvgIpc) is 2.90. The fourth-order valence-corrected chi connectivity index (χ4v) is 4.42. The lowest BCUT2D eigenvalue weighted by atomic mass is 9.93. The second kappa shape index (κ2) is 11.3. The van der Waals surface area contributed by atoms with E-state index in [0.29, 0.717) is 6.07 Å². The largest absolute Gasteiger partial charge is 0.496 e. The molecule has 4 rings (SSSR count). The van der Waals surface area contributed by atoms with Crippen molar-refractivity contribution >= 4 is 22.6 Å². The lowest BCUT2D eigenvalue weighted by Gasteiger charge is -2.20. The van der Waals surface area contributed by atoms with Crippen LogP contribution in [0.2, 0.25) is 0 Å². The van der Waals surface area contributed by atoms with Crippen molar-refractivity contribution in [3.63, 3.8) is 0 Å². The Hall–Kier alpha value is -4.75. The number of carbonyl (C=O) groups is 2. The highest BCUT2D eigenvalue weighted by atomic mass is 19.4. The molecular formula is C28H18F8N2O4. The maximum atomic E-state index is 14.1. The number of rotatable bonds is 7. The molecule has 2 N–H and O–H groups in total. The Morgan fingerprint density at radius 2 is 1.57 bits per heavy atom. The summed E-state index contributed by atoms with van der Waals surface area (Å²) in [5.41, 5.74) is -5.29. The number of ether oxygens (including phenoxy) is 1. The fraction of sp³-hybridized carbons (Fsp3) is 0.179. The van der Waals surface area contributed by atoms with Gasteiger partial charge in [0.15, 0.2) is 0 Å². The van der Waals surface area contributed by atoms with Crippen LogP contribution in [-0.2, 0) is 23.6 Å². The number of hydrogen-bond acceptors (Lipinski definition) is 4. The molecular weight excluding hydrogens is 580 g/mol. The van der Waals surface area contributed by atoms with Crippen LogP contribution in [0.15, 0.2) is 60.8 Å². The Labute approximate surface area is 231 Å². The van der Waals surface area contributed by atoms with Gasteiger partial charge in [0.25, 0.3) is 5.91 Å². The highest BCUT2D eigenvalue weighted by Crippen LogP contribution is 2.47. The smallest absolute Gasteiger partial charge is 0.417 e. The van der Waals surface area contributed by atoms with E-state index in [1.165, 1.54) is 24.3 Å². The summed E-state index contributed by atoms with van der Waals surface area (Å²) in [5.74, 6) is -6.17. The molecule has 0 radical (unpaired) electrons. The number of fused-ring (bicyclic) bond motifs is 1. The number of halogens is 8. The molecule has 4 aromatic rings.